The fraction of sp³-hybridized carbons (Fsp3) is 0.111. The predicted molar refractivity (Wildman–Crippen MR) is 67.3 cm³/mol. The van der Waals surface area contributed by atoms with Crippen LogP contribution in [0.4, 0.5) is 11.4 Å². The van der Waals surface area contributed by atoms with Crippen molar-refractivity contribution in [3.8, 4) is 0 Å². The molecule has 0 atom stereocenters. The summed E-state index contributed by atoms with van der Waals surface area (Å²) in [6.45, 7) is 0.625. The smallest absolute Gasteiger partial charge is 0.143 e. The minimum atomic E-state index is 0.625. The number of halogens is 1. The number of nitrogens with two attached hydrogens (primary N) is 1. The van der Waals surface area contributed by atoms with E-state index in [9.17, 15) is 0 Å². The molecule has 0 amide bonds. The van der Waals surface area contributed by atoms with E-state index < -0.39 is 0 Å². The summed E-state index contributed by atoms with van der Waals surface area (Å²) in [5.74, 6) is 0.808. The highest BCUT2D eigenvalue weighted by Crippen LogP contribution is 2.20. The Balaban J connectivity index is 2.05. The molecule has 0 saturated heterocycles. The van der Waals surface area contributed by atoms with Crippen LogP contribution in [0.2, 0.25) is 0 Å². The third kappa shape index (κ3) is 2.58. The Hall–Kier alpha value is -1.31. The third-order valence-electron chi connectivity index (χ3n) is 1.90. The molecule has 1 aromatic carbocycles. The maximum atomic E-state index is 5.66. The van der Waals surface area contributed by atoms with E-state index in [-0.39, 0.29) is 0 Å². The van der Waals surface area contributed by atoms with Gasteiger partial charge in [0.15, 0.2) is 0 Å². The van der Waals surface area contributed by atoms with Crippen molar-refractivity contribution >= 4 is 34.0 Å². The van der Waals surface area contributed by atoms with E-state index >= 15 is 0 Å². The van der Waals surface area contributed by atoms with Gasteiger partial charge in [0, 0.05) is 14.9 Å². The molecule has 0 aliphatic carbocycles. The van der Waals surface area contributed by atoms with Crippen LogP contribution in [0.1, 0.15) is 5.82 Å². The summed E-state index contributed by atoms with van der Waals surface area (Å²) >= 11 is 2.24. The molecule has 5 nitrogen and oxygen atoms in total. The molecule has 0 fully saturated rings. The molecule has 15 heavy (non-hydrogen) atoms. The number of anilines is 2. The van der Waals surface area contributed by atoms with E-state index in [2.05, 4.69) is 43.1 Å². The lowest BCUT2D eigenvalue weighted by atomic mass is 10.3. The minimum absolute atomic E-state index is 0.625. The summed E-state index contributed by atoms with van der Waals surface area (Å²) < 4.78 is 1.09. The molecule has 4 N–H and O–H groups in total. The van der Waals surface area contributed by atoms with Gasteiger partial charge in [-0.1, -0.05) is 0 Å². The van der Waals surface area contributed by atoms with E-state index in [1.165, 1.54) is 6.33 Å². The van der Waals surface area contributed by atoms with Gasteiger partial charge < -0.3 is 11.1 Å². The average molecular weight is 315 g/mol. The highest BCUT2D eigenvalue weighted by atomic mass is 127. The molecule has 1 aromatic heterocycles. The summed E-state index contributed by atoms with van der Waals surface area (Å²) in [4.78, 5) is 4.02. The normalized spacial score (nSPS) is 10.2. The molecule has 0 bridgehead atoms. The number of aromatic nitrogens is 3. The largest absolute Gasteiger partial charge is 0.399 e. The van der Waals surface area contributed by atoms with Gasteiger partial charge in [0.1, 0.15) is 12.2 Å². The number of hydrogen-bond acceptors (Lipinski definition) is 4. The van der Waals surface area contributed by atoms with Gasteiger partial charge in [0.25, 0.3) is 0 Å². The predicted octanol–water partition coefficient (Wildman–Crippen LogP) is 1.60. The standard InChI is InChI=1S/C9H10IN5/c10-7-3-6(11)1-2-8(7)12-4-9-13-5-14-15-9/h1-3,5,12H,4,11H2,(H,13,14,15). The van der Waals surface area contributed by atoms with Gasteiger partial charge >= 0.3 is 0 Å². The average Bonchev–Trinajstić information content (AvgIpc) is 2.69. The number of benzene rings is 1. The van der Waals surface area contributed by atoms with E-state index in [0.29, 0.717) is 6.54 Å². The quantitative estimate of drug-likeness (QED) is 0.594. The Bertz CT molecular complexity index is 440. The van der Waals surface area contributed by atoms with Crippen LogP contribution in [0.5, 0.6) is 0 Å². The second-order valence-corrected chi connectivity index (χ2v) is 4.19. The summed E-state index contributed by atoms with van der Waals surface area (Å²) in [5.41, 5.74) is 7.47. The molecule has 2 rings (SSSR count). The number of rotatable bonds is 3. The number of aromatic amines is 1. The van der Waals surface area contributed by atoms with Crippen molar-refractivity contribution in [1.82, 2.24) is 15.2 Å². The molecule has 1 heterocycles. The van der Waals surface area contributed by atoms with Gasteiger partial charge in [0.05, 0.1) is 6.54 Å². The molecule has 0 spiro atoms. The molecule has 78 valence electrons. The second kappa shape index (κ2) is 4.47. The maximum Gasteiger partial charge on any atom is 0.143 e. The molecule has 2 aromatic rings. The lowest BCUT2D eigenvalue weighted by molar-refractivity contribution is 0.954. The molecular formula is C9H10IN5. The van der Waals surface area contributed by atoms with Crippen LogP contribution in [0.25, 0.3) is 0 Å². The highest BCUT2D eigenvalue weighted by Gasteiger charge is 2.00. The lowest BCUT2D eigenvalue weighted by Crippen LogP contribution is -2.03. The second-order valence-electron chi connectivity index (χ2n) is 3.03. The van der Waals surface area contributed by atoms with Crippen LogP contribution >= 0.6 is 22.6 Å². The zero-order valence-corrected chi connectivity index (χ0v) is 10.0. The highest BCUT2D eigenvalue weighted by molar-refractivity contribution is 14.1. The Labute approximate surface area is 101 Å². The number of hydrogen-bond donors (Lipinski definition) is 3. The van der Waals surface area contributed by atoms with Crippen molar-refractivity contribution in [2.75, 3.05) is 11.1 Å². The van der Waals surface area contributed by atoms with Gasteiger partial charge in [-0.25, -0.2) is 4.98 Å². The SMILES string of the molecule is Nc1ccc(NCc2ncn[nH]2)c(I)c1. The third-order valence-corrected chi connectivity index (χ3v) is 2.80. The first-order valence-corrected chi connectivity index (χ1v) is 5.47. The first kappa shape index (κ1) is 10.2. The molecular weight excluding hydrogens is 305 g/mol. The molecule has 6 heteroatoms. The van der Waals surface area contributed by atoms with Crippen molar-refractivity contribution in [3.63, 3.8) is 0 Å². The first-order chi connectivity index (χ1) is 7.25. The number of nitrogen functional groups attached to an aromatic ring is 1. The Morgan fingerprint density at radius 1 is 1.47 bits per heavy atom. The summed E-state index contributed by atoms with van der Waals surface area (Å²) in [6, 6.07) is 5.74. The van der Waals surface area contributed by atoms with Crippen molar-refractivity contribution < 1.29 is 0 Å². The fourth-order valence-corrected chi connectivity index (χ4v) is 1.90. The van der Waals surface area contributed by atoms with Crippen molar-refractivity contribution in [2.24, 2.45) is 0 Å². The Morgan fingerprint density at radius 3 is 3.00 bits per heavy atom. The lowest BCUT2D eigenvalue weighted by Gasteiger charge is -2.07. The molecule has 0 radical (unpaired) electrons. The van der Waals surface area contributed by atoms with Crippen LogP contribution in [0.15, 0.2) is 24.5 Å². The topological polar surface area (TPSA) is 79.6 Å². The number of H-pyrrole nitrogens is 1. The fourth-order valence-electron chi connectivity index (χ4n) is 1.17. The van der Waals surface area contributed by atoms with Crippen molar-refractivity contribution in [2.45, 2.75) is 6.54 Å². The van der Waals surface area contributed by atoms with Crippen molar-refractivity contribution in [1.29, 1.82) is 0 Å². The van der Waals surface area contributed by atoms with Gasteiger partial charge in [-0.15, -0.1) is 0 Å². The van der Waals surface area contributed by atoms with Crippen LogP contribution in [0, 0.1) is 3.57 Å². The van der Waals surface area contributed by atoms with Gasteiger partial charge in [-0.05, 0) is 40.8 Å². The Morgan fingerprint density at radius 2 is 2.33 bits per heavy atom. The van der Waals surface area contributed by atoms with Gasteiger partial charge in [-0.3, -0.25) is 5.10 Å². The van der Waals surface area contributed by atoms with E-state index in [4.69, 9.17) is 5.73 Å². The van der Waals surface area contributed by atoms with Gasteiger partial charge in [0.2, 0.25) is 0 Å². The minimum Gasteiger partial charge on any atom is -0.399 e. The van der Waals surface area contributed by atoms with E-state index in [1.54, 1.807) is 0 Å². The van der Waals surface area contributed by atoms with E-state index in [1.807, 2.05) is 18.2 Å². The van der Waals surface area contributed by atoms with E-state index in [0.717, 1.165) is 20.8 Å². The van der Waals surface area contributed by atoms with Crippen LogP contribution in [-0.4, -0.2) is 15.2 Å². The Kier molecular flexibility index (Phi) is 3.05. The molecule has 0 unspecified atom stereocenters. The zero-order valence-electron chi connectivity index (χ0n) is 7.87. The van der Waals surface area contributed by atoms with Crippen LogP contribution in [-0.2, 0) is 6.54 Å². The summed E-state index contributed by atoms with van der Waals surface area (Å²) in [5, 5.41) is 9.81. The first-order valence-electron chi connectivity index (χ1n) is 4.39. The van der Waals surface area contributed by atoms with Crippen LogP contribution in [0.3, 0.4) is 0 Å². The molecule has 0 aliphatic rings. The summed E-state index contributed by atoms with van der Waals surface area (Å²) in [7, 11) is 0. The van der Waals surface area contributed by atoms with Crippen molar-refractivity contribution in [3.05, 3.63) is 33.9 Å². The monoisotopic (exact) mass is 315 g/mol. The molecule has 0 saturated carbocycles. The summed E-state index contributed by atoms with van der Waals surface area (Å²) in [6.07, 6.45) is 1.49. The van der Waals surface area contributed by atoms with Gasteiger partial charge in [-0.2, -0.15) is 5.10 Å². The number of nitrogens with one attached hydrogen (secondary N) is 2. The van der Waals surface area contributed by atoms with Crippen LogP contribution < -0.4 is 11.1 Å². The maximum absolute atomic E-state index is 5.66. The zero-order chi connectivity index (χ0) is 10.7. The molecule has 0 aliphatic heterocycles. The number of nitrogens with zero attached hydrogens (tertiary/aromatic N) is 2.